The lowest BCUT2D eigenvalue weighted by molar-refractivity contribution is -0.137. The van der Waals surface area contributed by atoms with Gasteiger partial charge in [0.1, 0.15) is 0 Å². The van der Waals surface area contributed by atoms with Crippen LogP contribution in [0.25, 0.3) is 0 Å². The Morgan fingerprint density at radius 3 is 1.80 bits per heavy atom. The molecule has 0 aromatic carbocycles. The largest absolute Gasteiger partial charge is 0.481 e. The molecule has 0 bridgehead atoms. The van der Waals surface area contributed by atoms with Crippen LogP contribution in [0.15, 0.2) is 0 Å². The zero-order valence-corrected chi connectivity index (χ0v) is 13.2. The maximum atomic E-state index is 10.4. The Kier molecular flexibility index (Phi) is 10.7. The molecule has 20 heavy (non-hydrogen) atoms. The Morgan fingerprint density at radius 1 is 0.750 bits per heavy atom. The molecule has 0 spiro atoms. The minimum absolute atomic E-state index is 0.349. The van der Waals surface area contributed by atoms with Gasteiger partial charge in [-0.1, -0.05) is 89.9 Å². The first kappa shape index (κ1) is 17.5. The van der Waals surface area contributed by atoms with E-state index in [1.54, 1.807) is 0 Å². The molecule has 2 nitrogen and oxygen atoms in total. The van der Waals surface area contributed by atoms with E-state index in [0.29, 0.717) is 6.42 Å². The van der Waals surface area contributed by atoms with Crippen LogP contribution in [0.4, 0.5) is 0 Å². The van der Waals surface area contributed by atoms with Crippen LogP contribution >= 0.6 is 0 Å². The first-order valence-electron chi connectivity index (χ1n) is 9.01. The van der Waals surface area contributed by atoms with E-state index < -0.39 is 5.97 Å². The van der Waals surface area contributed by atoms with Crippen molar-refractivity contribution in [2.24, 2.45) is 5.92 Å². The summed E-state index contributed by atoms with van der Waals surface area (Å²) in [5.41, 5.74) is 0. The molecule has 0 aromatic heterocycles. The third kappa shape index (κ3) is 10.3. The van der Waals surface area contributed by atoms with Crippen LogP contribution in [-0.2, 0) is 4.79 Å². The fraction of sp³-hybridized carbons (Fsp3) is 0.944. The van der Waals surface area contributed by atoms with E-state index >= 15 is 0 Å². The highest BCUT2D eigenvalue weighted by Crippen LogP contribution is 2.27. The predicted molar refractivity (Wildman–Crippen MR) is 85.0 cm³/mol. The van der Waals surface area contributed by atoms with E-state index in [2.05, 4.69) is 0 Å². The minimum atomic E-state index is -0.650. The molecule has 0 saturated heterocycles. The van der Waals surface area contributed by atoms with Crippen molar-refractivity contribution in [1.29, 1.82) is 0 Å². The molecule has 1 atom stereocenters. The molecule has 1 fully saturated rings. The molecule has 1 N–H and O–H groups in total. The molecule has 1 aliphatic rings. The molecule has 0 aliphatic heterocycles. The van der Waals surface area contributed by atoms with Gasteiger partial charge in [-0.3, -0.25) is 4.79 Å². The van der Waals surface area contributed by atoms with Crippen LogP contribution in [0.1, 0.15) is 103 Å². The molecule has 0 heterocycles. The van der Waals surface area contributed by atoms with Crippen molar-refractivity contribution in [3.63, 3.8) is 0 Å². The SMILES string of the molecule is O=C(O)[13CH2]C[13CH2]C[13CH2]C[13CH2]C[13CH2]C[13CH]1C[13CH2]CCC[13CH2]1. The van der Waals surface area contributed by atoms with Crippen LogP contribution in [-0.4, -0.2) is 11.1 Å². The fourth-order valence-electron chi connectivity index (χ4n) is 3.42. The number of carbonyl (C=O) groups is 1. The highest BCUT2D eigenvalue weighted by Gasteiger charge is 2.11. The quantitative estimate of drug-likeness (QED) is 0.290. The molecule has 2 heteroatoms. The van der Waals surface area contributed by atoms with Gasteiger partial charge in [0.25, 0.3) is 0 Å². The summed E-state index contributed by atoms with van der Waals surface area (Å²) in [4.78, 5) is 10.4. The van der Waals surface area contributed by atoms with Crippen LogP contribution in [0.2, 0.25) is 0 Å². The van der Waals surface area contributed by atoms with Crippen molar-refractivity contribution < 1.29 is 9.90 Å². The van der Waals surface area contributed by atoms with Crippen LogP contribution in [0, 0.1) is 5.92 Å². The molecule has 118 valence electrons. The molecular formula is C18H34O2. The lowest BCUT2D eigenvalue weighted by Crippen LogP contribution is -1.98. The van der Waals surface area contributed by atoms with Crippen molar-refractivity contribution >= 4 is 5.97 Å². The number of hydrogen-bond acceptors (Lipinski definition) is 1. The maximum Gasteiger partial charge on any atom is 0.303 e. The number of aliphatic carboxylic acids is 1. The molecule has 0 radical (unpaired) electrons. The van der Waals surface area contributed by atoms with E-state index in [-0.39, 0.29) is 0 Å². The van der Waals surface area contributed by atoms with Gasteiger partial charge in [-0.15, -0.1) is 0 Å². The van der Waals surface area contributed by atoms with Gasteiger partial charge >= 0.3 is 5.97 Å². The van der Waals surface area contributed by atoms with E-state index in [4.69, 9.17) is 5.11 Å². The van der Waals surface area contributed by atoms with Gasteiger partial charge in [-0.05, 0) is 12.3 Å². The Balaban J connectivity index is 1.79. The topological polar surface area (TPSA) is 37.3 Å². The van der Waals surface area contributed by atoms with Crippen molar-refractivity contribution in [1.82, 2.24) is 0 Å². The molecule has 1 aliphatic carbocycles. The second-order valence-corrected chi connectivity index (χ2v) is 6.62. The number of unbranched alkanes of at least 4 members (excludes halogenated alkanes) is 7. The second kappa shape index (κ2) is 12.2. The van der Waals surface area contributed by atoms with Gasteiger partial charge in [-0.2, -0.15) is 0 Å². The average Bonchev–Trinajstić information content (AvgIpc) is 2.69. The highest BCUT2D eigenvalue weighted by molar-refractivity contribution is 5.66. The molecule has 1 saturated carbocycles. The van der Waals surface area contributed by atoms with E-state index in [1.807, 2.05) is 0 Å². The predicted octanol–water partition coefficient (Wildman–Crippen LogP) is 5.94. The average molecular weight is 290 g/mol. The van der Waals surface area contributed by atoms with E-state index in [1.165, 1.54) is 83.5 Å². The molecule has 0 aromatic rings. The molecule has 1 unspecified atom stereocenters. The van der Waals surface area contributed by atoms with Gasteiger partial charge < -0.3 is 5.11 Å². The summed E-state index contributed by atoms with van der Waals surface area (Å²) in [6.45, 7) is 0. The third-order valence-electron chi connectivity index (χ3n) is 4.73. The number of carboxylic acids is 1. The monoisotopic (exact) mass is 290 g/mol. The number of rotatable bonds is 11. The zero-order valence-electron chi connectivity index (χ0n) is 13.2. The summed E-state index contributed by atoms with van der Waals surface area (Å²) < 4.78 is 0. The summed E-state index contributed by atoms with van der Waals surface area (Å²) in [5.74, 6) is 0.386. The van der Waals surface area contributed by atoms with Gasteiger partial charge in [-0.25, -0.2) is 0 Å². The molecular weight excluding hydrogens is 256 g/mol. The lowest BCUT2D eigenvalue weighted by Gasteiger charge is -2.13. The Labute approximate surface area is 125 Å². The van der Waals surface area contributed by atoms with Gasteiger partial charge in [0.2, 0.25) is 0 Å². The van der Waals surface area contributed by atoms with E-state index in [9.17, 15) is 4.79 Å². The van der Waals surface area contributed by atoms with Crippen molar-refractivity contribution in [3.8, 4) is 0 Å². The van der Waals surface area contributed by atoms with Crippen LogP contribution in [0.5, 0.6) is 0 Å². The number of hydrogen-bond donors (Lipinski definition) is 1. The van der Waals surface area contributed by atoms with Crippen LogP contribution in [0.3, 0.4) is 0 Å². The van der Waals surface area contributed by atoms with Crippen molar-refractivity contribution in [2.75, 3.05) is 0 Å². The van der Waals surface area contributed by atoms with E-state index in [0.717, 1.165) is 18.8 Å². The Morgan fingerprint density at radius 2 is 1.25 bits per heavy atom. The summed E-state index contributed by atoms with van der Waals surface area (Å²) >= 11 is 0. The summed E-state index contributed by atoms with van der Waals surface area (Å²) in [5, 5.41) is 8.54. The summed E-state index contributed by atoms with van der Waals surface area (Å²) in [6, 6.07) is 0. The maximum absolute atomic E-state index is 10.4. The first-order chi connectivity index (χ1) is 9.79. The third-order valence-corrected chi connectivity index (χ3v) is 4.73. The molecule has 0 amide bonds. The summed E-state index contributed by atoms with van der Waals surface area (Å²) in [7, 11) is 0. The van der Waals surface area contributed by atoms with Crippen LogP contribution < -0.4 is 0 Å². The lowest BCUT2D eigenvalue weighted by atomic mass is 10.4. The van der Waals surface area contributed by atoms with Gasteiger partial charge in [0, 0.05) is 6.42 Å². The minimum Gasteiger partial charge on any atom is -0.481 e. The van der Waals surface area contributed by atoms with Gasteiger partial charge in [0.15, 0.2) is 0 Å². The Hall–Kier alpha value is -0.530. The highest BCUT2D eigenvalue weighted by atomic mass is 16.4. The van der Waals surface area contributed by atoms with Crippen molar-refractivity contribution in [2.45, 2.75) is 103 Å². The van der Waals surface area contributed by atoms with Gasteiger partial charge in [0.05, 0.1) is 0 Å². The van der Waals surface area contributed by atoms with Crippen molar-refractivity contribution in [3.05, 3.63) is 0 Å². The molecule has 1 rings (SSSR count). The summed E-state index contributed by atoms with van der Waals surface area (Å²) in [6.07, 6.45) is 20.7. The number of carboxylic acid groups (broad SMARTS) is 1. The fourth-order valence-corrected chi connectivity index (χ4v) is 3.42. The smallest absolute Gasteiger partial charge is 0.303 e. The Bertz CT molecular complexity index is 230. The zero-order chi connectivity index (χ0) is 14.5. The first-order valence-corrected chi connectivity index (χ1v) is 9.01. The normalized spacial score (nSPS) is 19.7. The standard InChI is InChI=1S/C18H34O2/c19-18(20)16-12-6-4-2-1-3-5-9-13-17-14-10-7-8-11-15-17/h17H,1-16H2,(H,19,20)/i2+1,3+1,6+1,9+1,10+1,15+1,16+1,17+1. The second-order valence-electron chi connectivity index (χ2n) is 6.62.